The van der Waals surface area contributed by atoms with Gasteiger partial charge in [-0.25, -0.2) is 8.78 Å². The van der Waals surface area contributed by atoms with Crippen LogP contribution in [0.15, 0.2) is 12.1 Å². The first-order valence-corrected chi connectivity index (χ1v) is 3.09. The lowest BCUT2D eigenvalue weighted by Gasteiger charge is -1.92. The van der Waals surface area contributed by atoms with E-state index in [-0.39, 0.29) is 11.0 Å². The highest BCUT2D eigenvalue weighted by molar-refractivity contribution is 5.74. The molecule has 2 aromatic rings. The first-order chi connectivity index (χ1) is 5.70. The van der Waals surface area contributed by atoms with E-state index in [1.54, 1.807) is 0 Å². The van der Waals surface area contributed by atoms with Crippen LogP contribution in [0, 0.1) is 11.6 Å². The zero-order valence-electron chi connectivity index (χ0n) is 5.70. The molecule has 0 spiro atoms. The quantitative estimate of drug-likeness (QED) is 0.600. The number of nitrogens with zero attached hydrogens (tertiary/aromatic N) is 3. The summed E-state index contributed by atoms with van der Waals surface area (Å²) >= 11 is 0. The minimum atomic E-state index is -1.10. The van der Waals surface area contributed by atoms with Crippen LogP contribution in [0.3, 0.4) is 0 Å². The molecule has 0 aliphatic rings. The Labute approximate surface area is 65.0 Å². The van der Waals surface area contributed by atoms with Crippen LogP contribution in [0.5, 0.6) is 0 Å². The smallest absolute Gasteiger partial charge is 0.188 e. The van der Waals surface area contributed by atoms with Crippen molar-refractivity contribution in [3.63, 3.8) is 0 Å². The second kappa shape index (κ2) is 2.13. The predicted molar refractivity (Wildman–Crippen MR) is 34.6 cm³/mol. The Balaban J connectivity index is 2.93. The van der Waals surface area contributed by atoms with Crippen LogP contribution in [-0.2, 0) is 0 Å². The van der Waals surface area contributed by atoms with Crippen LogP contribution in [0.25, 0.3) is 11.0 Å². The molecule has 62 valence electrons. The van der Waals surface area contributed by atoms with Gasteiger partial charge in [-0.15, -0.1) is 5.10 Å². The summed E-state index contributed by atoms with van der Waals surface area (Å²) in [7, 11) is 0. The Kier molecular flexibility index (Phi) is 1.24. The van der Waals surface area contributed by atoms with Crippen molar-refractivity contribution in [3.8, 4) is 0 Å². The topological polar surface area (TPSA) is 50.9 Å². The molecule has 1 aromatic heterocycles. The molecular formula is C6H3F2N3O. The lowest BCUT2D eigenvalue weighted by atomic mass is 10.3. The molecular weight excluding hydrogens is 168 g/mol. The van der Waals surface area contributed by atoms with E-state index in [0.717, 1.165) is 6.07 Å². The summed E-state index contributed by atoms with van der Waals surface area (Å²) in [6.45, 7) is 0. The predicted octanol–water partition coefficient (Wildman–Crippen LogP) is 0.947. The number of halogens is 2. The van der Waals surface area contributed by atoms with Crippen molar-refractivity contribution in [1.82, 2.24) is 15.2 Å². The average molecular weight is 171 g/mol. The maximum absolute atomic E-state index is 12.8. The molecule has 0 radical (unpaired) electrons. The standard InChI is InChI=1S/C6H3F2N3O/c7-3-1-2-4-6(5(3)8)9-10-11(4)12/h1-2,12H. The van der Waals surface area contributed by atoms with Gasteiger partial charge >= 0.3 is 0 Å². The van der Waals surface area contributed by atoms with E-state index in [1.807, 2.05) is 0 Å². The highest BCUT2D eigenvalue weighted by Gasteiger charge is 2.12. The van der Waals surface area contributed by atoms with Crippen LogP contribution in [0.1, 0.15) is 0 Å². The van der Waals surface area contributed by atoms with Gasteiger partial charge in [0.25, 0.3) is 0 Å². The van der Waals surface area contributed by atoms with Gasteiger partial charge in [0.05, 0.1) is 0 Å². The van der Waals surface area contributed by atoms with Gasteiger partial charge in [-0.1, -0.05) is 4.85 Å². The van der Waals surface area contributed by atoms with E-state index in [0.29, 0.717) is 4.85 Å². The second-order valence-electron chi connectivity index (χ2n) is 2.21. The summed E-state index contributed by atoms with van der Waals surface area (Å²) in [4.78, 5) is 0.387. The number of hydrogen-bond donors (Lipinski definition) is 1. The highest BCUT2D eigenvalue weighted by atomic mass is 19.2. The molecule has 0 atom stereocenters. The van der Waals surface area contributed by atoms with Gasteiger partial charge < -0.3 is 5.21 Å². The number of rotatable bonds is 0. The van der Waals surface area contributed by atoms with E-state index in [1.165, 1.54) is 6.07 Å². The molecule has 12 heavy (non-hydrogen) atoms. The SMILES string of the molecule is On1nnc2c(F)c(F)ccc21. The summed E-state index contributed by atoms with van der Waals surface area (Å²) < 4.78 is 25.3. The van der Waals surface area contributed by atoms with Crippen LogP contribution in [-0.4, -0.2) is 20.4 Å². The maximum Gasteiger partial charge on any atom is 0.188 e. The molecule has 0 saturated carbocycles. The van der Waals surface area contributed by atoms with E-state index < -0.39 is 11.6 Å². The van der Waals surface area contributed by atoms with Gasteiger partial charge in [-0.2, -0.15) is 0 Å². The largest absolute Gasteiger partial charge is 0.410 e. The highest BCUT2D eigenvalue weighted by Crippen LogP contribution is 2.16. The van der Waals surface area contributed by atoms with Gasteiger partial charge in [0, 0.05) is 0 Å². The maximum atomic E-state index is 12.8. The summed E-state index contributed by atoms with van der Waals surface area (Å²) in [5.41, 5.74) is -0.244. The average Bonchev–Trinajstić information content (AvgIpc) is 2.41. The fourth-order valence-electron chi connectivity index (χ4n) is 0.922. The van der Waals surface area contributed by atoms with Crippen LogP contribution < -0.4 is 0 Å². The van der Waals surface area contributed by atoms with Crippen molar-refractivity contribution in [2.45, 2.75) is 0 Å². The van der Waals surface area contributed by atoms with E-state index in [4.69, 9.17) is 5.21 Å². The van der Waals surface area contributed by atoms with E-state index in [2.05, 4.69) is 10.3 Å². The van der Waals surface area contributed by atoms with Crippen LogP contribution in [0.2, 0.25) is 0 Å². The molecule has 2 rings (SSSR count). The molecule has 0 aliphatic carbocycles. The van der Waals surface area contributed by atoms with Gasteiger partial charge in [0.1, 0.15) is 5.52 Å². The zero-order chi connectivity index (χ0) is 8.72. The van der Waals surface area contributed by atoms with Crippen molar-refractivity contribution >= 4 is 11.0 Å². The Bertz CT molecular complexity index is 440. The fourth-order valence-corrected chi connectivity index (χ4v) is 0.922. The minimum Gasteiger partial charge on any atom is -0.410 e. The molecule has 0 amide bonds. The normalized spacial score (nSPS) is 10.8. The van der Waals surface area contributed by atoms with Crippen molar-refractivity contribution in [1.29, 1.82) is 0 Å². The van der Waals surface area contributed by atoms with Crippen LogP contribution in [0.4, 0.5) is 8.78 Å². The molecule has 6 heteroatoms. The van der Waals surface area contributed by atoms with E-state index >= 15 is 0 Å². The first kappa shape index (κ1) is 6.96. The summed E-state index contributed by atoms with van der Waals surface area (Å²) in [6, 6.07) is 2.08. The summed E-state index contributed by atoms with van der Waals surface area (Å²) in [5.74, 6) is -2.12. The summed E-state index contributed by atoms with van der Waals surface area (Å²) in [5, 5.41) is 15.2. The van der Waals surface area contributed by atoms with Crippen molar-refractivity contribution < 1.29 is 14.0 Å². The molecule has 1 heterocycles. The second-order valence-corrected chi connectivity index (χ2v) is 2.21. The zero-order valence-corrected chi connectivity index (χ0v) is 5.70. The molecule has 0 fully saturated rings. The summed E-state index contributed by atoms with van der Waals surface area (Å²) in [6.07, 6.45) is 0. The third-order valence-electron chi connectivity index (χ3n) is 1.49. The Morgan fingerprint density at radius 2 is 2.08 bits per heavy atom. The molecule has 4 nitrogen and oxygen atoms in total. The Morgan fingerprint density at radius 3 is 2.83 bits per heavy atom. The molecule has 0 unspecified atom stereocenters. The molecule has 0 aliphatic heterocycles. The molecule has 0 saturated heterocycles. The van der Waals surface area contributed by atoms with Crippen molar-refractivity contribution in [2.24, 2.45) is 0 Å². The monoisotopic (exact) mass is 171 g/mol. The molecule has 1 N–H and O–H groups in total. The van der Waals surface area contributed by atoms with Crippen molar-refractivity contribution in [2.75, 3.05) is 0 Å². The van der Waals surface area contributed by atoms with Crippen LogP contribution >= 0.6 is 0 Å². The van der Waals surface area contributed by atoms with E-state index in [9.17, 15) is 8.78 Å². The third-order valence-corrected chi connectivity index (χ3v) is 1.49. The lowest BCUT2D eigenvalue weighted by Crippen LogP contribution is -1.91. The fraction of sp³-hybridized carbons (Fsp3) is 0. The van der Waals surface area contributed by atoms with Crippen molar-refractivity contribution in [3.05, 3.63) is 23.8 Å². The Morgan fingerprint density at radius 1 is 1.33 bits per heavy atom. The molecule has 1 aromatic carbocycles. The first-order valence-electron chi connectivity index (χ1n) is 3.09. The number of fused-ring (bicyclic) bond motifs is 1. The van der Waals surface area contributed by atoms with Gasteiger partial charge in [0.2, 0.25) is 0 Å². The van der Waals surface area contributed by atoms with Gasteiger partial charge in [0.15, 0.2) is 17.2 Å². The molecule has 0 bridgehead atoms. The number of hydrogen-bond acceptors (Lipinski definition) is 3. The lowest BCUT2D eigenvalue weighted by molar-refractivity contribution is 0.154. The minimum absolute atomic E-state index is 0.0360. The Hall–Kier alpha value is -1.72. The van der Waals surface area contributed by atoms with Gasteiger partial charge in [-0.05, 0) is 17.3 Å². The van der Waals surface area contributed by atoms with Gasteiger partial charge in [-0.3, -0.25) is 0 Å². The number of benzene rings is 1. The number of aromatic nitrogens is 3. The third kappa shape index (κ3) is 0.744.